The molecule has 1 atom stereocenters. The summed E-state index contributed by atoms with van der Waals surface area (Å²) in [5.74, 6) is 0.205. The Morgan fingerprint density at radius 3 is 2.59 bits per heavy atom. The van der Waals surface area contributed by atoms with Gasteiger partial charge in [-0.25, -0.2) is 13.4 Å². The fourth-order valence-corrected chi connectivity index (χ4v) is 3.27. The molecular formula is C14H18N4O3S. The van der Waals surface area contributed by atoms with Crippen molar-refractivity contribution in [3.8, 4) is 0 Å². The zero-order valence-corrected chi connectivity index (χ0v) is 13.2. The minimum Gasteiger partial charge on any atom is -0.347 e. The number of aromatic nitrogens is 2. The molecule has 2 rings (SSSR count). The number of nitrogens with one attached hydrogen (secondary N) is 2. The van der Waals surface area contributed by atoms with E-state index in [4.69, 9.17) is 0 Å². The number of carbonyl (C=O) groups excluding carboxylic acids is 1. The number of imidazole rings is 1. The van der Waals surface area contributed by atoms with Gasteiger partial charge in [0.15, 0.2) is 0 Å². The van der Waals surface area contributed by atoms with Gasteiger partial charge in [-0.1, -0.05) is 18.2 Å². The Morgan fingerprint density at radius 1 is 1.36 bits per heavy atom. The number of H-pyrrole nitrogens is 1. The SMILES string of the molecule is C[C@H](C(=O)NCc1ncc[nH]1)N(c1ccccc1)S(C)(=O)=O. The van der Waals surface area contributed by atoms with Crippen molar-refractivity contribution < 1.29 is 13.2 Å². The first kappa shape index (κ1) is 16.0. The number of sulfonamides is 1. The summed E-state index contributed by atoms with van der Waals surface area (Å²) in [5.41, 5.74) is 0.450. The molecule has 0 aliphatic rings. The Morgan fingerprint density at radius 2 is 2.05 bits per heavy atom. The lowest BCUT2D eigenvalue weighted by molar-refractivity contribution is -0.122. The fourth-order valence-electron chi connectivity index (χ4n) is 2.10. The summed E-state index contributed by atoms with van der Waals surface area (Å²) in [6, 6.07) is 7.66. The quantitative estimate of drug-likeness (QED) is 0.825. The average molecular weight is 322 g/mol. The molecule has 0 radical (unpaired) electrons. The van der Waals surface area contributed by atoms with Crippen LogP contribution in [0.25, 0.3) is 0 Å². The maximum absolute atomic E-state index is 12.2. The number of hydrogen-bond acceptors (Lipinski definition) is 4. The molecule has 0 unspecified atom stereocenters. The third-order valence-electron chi connectivity index (χ3n) is 3.08. The van der Waals surface area contributed by atoms with Crippen LogP contribution in [0.1, 0.15) is 12.7 Å². The molecule has 0 aliphatic carbocycles. The number of nitrogens with zero attached hydrogens (tertiary/aromatic N) is 2. The lowest BCUT2D eigenvalue weighted by atomic mass is 10.2. The van der Waals surface area contributed by atoms with Crippen molar-refractivity contribution in [1.82, 2.24) is 15.3 Å². The first-order chi connectivity index (χ1) is 10.4. The van der Waals surface area contributed by atoms with E-state index in [0.29, 0.717) is 11.5 Å². The summed E-state index contributed by atoms with van der Waals surface area (Å²) in [6.45, 7) is 1.76. The molecule has 118 valence electrons. The van der Waals surface area contributed by atoms with E-state index in [2.05, 4.69) is 15.3 Å². The number of para-hydroxylation sites is 1. The van der Waals surface area contributed by atoms with Crippen LogP contribution in [0.4, 0.5) is 5.69 Å². The van der Waals surface area contributed by atoms with Crippen LogP contribution in [0.5, 0.6) is 0 Å². The van der Waals surface area contributed by atoms with Crippen molar-refractivity contribution in [3.63, 3.8) is 0 Å². The Hall–Kier alpha value is -2.35. The lowest BCUT2D eigenvalue weighted by Gasteiger charge is -2.28. The van der Waals surface area contributed by atoms with E-state index < -0.39 is 22.0 Å². The molecule has 0 saturated heterocycles. The van der Waals surface area contributed by atoms with Gasteiger partial charge < -0.3 is 10.3 Å². The third kappa shape index (κ3) is 3.85. The van der Waals surface area contributed by atoms with Crippen LogP contribution in [0.15, 0.2) is 42.7 Å². The molecule has 1 aromatic heterocycles. The van der Waals surface area contributed by atoms with Gasteiger partial charge in [0.25, 0.3) is 0 Å². The summed E-state index contributed by atoms with van der Waals surface area (Å²) in [4.78, 5) is 19.1. The third-order valence-corrected chi connectivity index (χ3v) is 4.33. The Labute approximate surface area is 129 Å². The lowest BCUT2D eigenvalue weighted by Crippen LogP contribution is -2.47. The van der Waals surface area contributed by atoms with Crippen molar-refractivity contribution in [3.05, 3.63) is 48.5 Å². The number of carbonyl (C=O) groups is 1. The second-order valence-corrected chi connectivity index (χ2v) is 6.68. The van der Waals surface area contributed by atoms with Gasteiger partial charge in [-0.3, -0.25) is 9.10 Å². The van der Waals surface area contributed by atoms with Crippen molar-refractivity contribution in [2.24, 2.45) is 0 Å². The number of aromatic amines is 1. The van der Waals surface area contributed by atoms with Crippen LogP contribution in [0.2, 0.25) is 0 Å². The van der Waals surface area contributed by atoms with E-state index in [1.165, 1.54) is 0 Å². The molecule has 0 aliphatic heterocycles. The molecule has 7 nitrogen and oxygen atoms in total. The van der Waals surface area contributed by atoms with Crippen LogP contribution in [0.3, 0.4) is 0 Å². The molecule has 0 spiro atoms. The second kappa shape index (κ2) is 6.61. The summed E-state index contributed by atoms with van der Waals surface area (Å²) in [7, 11) is -3.59. The molecule has 1 heterocycles. The highest BCUT2D eigenvalue weighted by molar-refractivity contribution is 7.92. The number of anilines is 1. The van der Waals surface area contributed by atoms with E-state index in [1.807, 2.05) is 0 Å². The summed E-state index contributed by atoms with van der Waals surface area (Å²) in [5, 5.41) is 2.67. The van der Waals surface area contributed by atoms with Crippen LogP contribution < -0.4 is 9.62 Å². The number of hydrogen-bond donors (Lipinski definition) is 2. The molecule has 0 bridgehead atoms. The molecule has 0 fully saturated rings. The van der Waals surface area contributed by atoms with Gasteiger partial charge in [-0.05, 0) is 19.1 Å². The largest absolute Gasteiger partial charge is 0.347 e. The number of benzene rings is 1. The molecule has 2 N–H and O–H groups in total. The van der Waals surface area contributed by atoms with E-state index >= 15 is 0 Å². The monoisotopic (exact) mass is 322 g/mol. The van der Waals surface area contributed by atoms with Crippen molar-refractivity contribution in [2.75, 3.05) is 10.6 Å². The van der Waals surface area contributed by atoms with Gasteiger partial charge in [0.1, 0.15) is 11.9 Å². The van der Waals surface area contributed by atoms with E-state index in [9.17, 15) is 13.2 Å². The normalized spacial score (nSPS) is 12.6. The highest BCUT2D eigenvalue weighted by Gasteiger charge is 2.28. The van der Waals surface area contributed by atoms with Crippen LogP contribution >= 0.6 is 0 Å². The van der Waals surface area contributed by atoms with Crippen LogP contribution in [-0.4, -0.2) is 36.6 Å². The Balaban J connectivity index is 2.15. The number of rotatable bonds is 6. The average Bonchev–Trinajstić information content (AvgIpc) is 2.97. The molecule has 1 aromatic carbocycles. The molecule has 1 amide bonds. The minimum absolute atomic E-state index is 0.211. The van der Waals surface area contributed by atoms with Crippen molar-refractivity contribution in [2.45, 2.75) is 19.5 Å². The topological polar surface area (TPSA) is 95.2 Å². The molecule has 22 heavy (non-hydrogen) atoms. The van der Waals surface area contributed by atoms with Gasteiger partial charge in [0.2, 0.25) is 15.9 Å². The standard InChI is InChI=1S/C14H18N4O3S/c1-11(14(19)17-10-13-15-8-9-16-13)18(22(2,20)21)12-6-4-3-5-7-12/h3-9,11H,10H2,1-2H3,(H,15,16)(H,17,19)/t11-/m1/s1. The zero-order valence-electron chi connectivity index (χ0n) is 12.4. The molecule has 8 heteroatoms. The highest BCUT2D eigenvalue weighted by Crippen LogP contribution is 2.20. The van der Waals surface area contributed by atoms with Crippen molar-refractivity contribution >= 4 is 21.6 Å². The molecule has 2 aromatic rings. The van der Waals surface area contributed by atoms with Crippen LogP contribution in [-0.2, 0) is 21.4 Å². The Kier molecular flexibility index (Phi) is 4.81. The number of amides is 1. The maximum Gasteiger partial charge on any atom is 0.243 e. The summed E-state index contributed by atoms with van der Waals surface area (Å²) >= 11 is 0. The summed E-state index contributed by atoms with van der Waals surface area (Å²) in [6.07, 6.45) is 4.31. The van der Waals surface area contributed by atoms with E-state index in [1.54, 1.807) is 49.6 Å². The molecular weight excluding hydrogens is 304 g/mol. The van der Waals surface area contributed by atoms with Gasteiger partial charge in [0, 0.05) is 12.4 Å². The van der Waals surface area contributed by atoms with Crippen LogP contribution in [0, 0.1) is 0 Å². The van der Waals surface area contributed by atoms with Gasteiger partial charge in [-0.2, -0.15) is 0 Å². The first-order valence-corrected chi connectivity index (χ1v) is 8.55. The van der Waals surface area contributed by atoms with E-state index in [-0.39, 0.29) is 6.54 Å². The van der Waals surface area contributed by atoms with E-state index in [0.717, 1.165) is 10.6 Å². The predicted molar refractivity (Wildman–Crippen MR) is 83.7 cm³/mol. The molecule has 0 saturated carbocycles. The maximum atomic E-state index is 12.2. The minimum atomic E-state index is -3.59. The highest BCUT2D eigenvalue weighted by atomic mass is 32.2. The van der Waals surface area contributed by atoms with Gasteiger partial charge >= 0.3 is 0 Å². The summed E-state index contributed by atoms with van der Waals surface area (Å²) < 4.78 is 25.2. The Bertz CT molecular complexity index is 714. The van der Waals surface area contributed by atoms with Gasteiger partial charge in [-0.15, -0.1) is 0 Å². The second-order valence-electron chi connectivity index (χ2n) is 4.82. The first-order valence-electron chi connectivity index (χ1n) is 6.70. The smallest absolute Gasteiger partial charge is 0.243 e. The predicted octanol–water partition coefficient (Wildman–Crippen LogP) is 0.881. The van der Waals surface area contributed by atoms with Crippen molar-refractivity contribution in [1.29, 1.82) is 0 Å². The zero-order chi connectivity index (χ0) is 16.2. The fraction of sp³-hybridized carbons (Fsp3) is 0.286. The van der Waals surface area contributed by atoms with Gasteiger partial charge in [0.05, 0.1) is 18.5 Å².